The molecule has 4 rings (SSSR count). The summed E-state index contributed by atoms with van der Waals surface area (Å²) in [6.07, 6.45) is 4.59. The third kappa shape index (κ3) is 17.1. The van der Waals surface area contributed by atoms with Crippen LogP contribution in [0.25, 0.3) is 0 Å². The van der Waals surface area contributed by atoms with Gasteiger partial charge in [0.2, 0.25) is 17.5 Å². The average molecular weight is 957 g/mol. The molecule has 2 aromatic heterocycles. The molecule has 20 nitrogen and oxygen atoms in total. The molecule has 0 radical (unpaired) electrons. The first-order valence-electron chi connectivity index (χ1n) is 18.7. The fourth-order valence-corrected chi connectivity index (χ4v) is 5.49. The lowest BCUT2D eigenvalue weighted by molar-refractivity contribution is -0.383. The Kier molecular flexibility index (Phi) is 24.6. The summed E-state index contributed by atoms with van der Waals surface area (Å²) in [6, 6.07) is 16.6. The molecule has 0 unspecified atom stereocenters. The smallest absolute Gasteiger partial charge is 0.414 e. The van der Waals surface area contributed by atoms with Crippen LogP contribution in [0.3, 0.4) is 0 Å². The number of carbonyl (C=O) groups excluding carboxylic acids is 2. The summed E-state index contributed by atoms with van der Waals surface area (Å²) in [5.41, 5.74) is 11.7. The van der Waals surface area contributed by atoms with Gasteiger partial charge < -0.3 is 40.3 Å². The van der Waals surface area contributed by atoms with Gasteiger partial charge in [-0.25, -0.2) is 14.6 Å². The summed E-state index contributed by atoms with van der Waals surface area (Å²) < 4.78 is 26.8. The maximum atomic E-state index is 12.7. The van der Waals surface area contributed by atoms with Crippen molar-refractivity contribution in [2.75, 3.05) is 60.9 Å². The third-order valence-electron chi connectivity index (χ3n) is 7.56. The van der Waals surface area contributed by atoms with E-state index in [0.717, 1.165) is 9.80 Å². The molecular weight excluding hydrogens is 900 g/mol. The Morgan fingerprint density at radius 1 is 0.734 bits per heavy atom. The topological polar surface area (TPSA) is 271 Å². The first kappa shape index (κ1) is 54.5. The number of aromatic nitrogens is 2. The van der Waals surface area contributed by atoms with Crippen molar-refractivity contribution in [2.45, 2.75) is 34.4 Å². The van der Waals surface area contributed by atoms with Crippen LogP contribution < -0.4 is 35.5 Å². The highest BCUT2D eigenvalue weighted by Gasteiger charge is 2.32. The van der Waals surface area contributed by atoms with E-state index in [1.165, 1.54) is 24.3 Å². The summed E-state index contributed by atoms with van der Waals surface area (Å²) in [6.45, 7) is 18.2. The van der Waals surface area contributed by atoms with E-state index < -0.39 is 33.4 Å². The molecule has 0 aliphatic rings. The number of aliphatic hydroxyl groups excluding tert-OH is 1. The zero-order chi connectivity index (χ0) is 46.9. The number of rotatable bonds is 20. The molecule has 0 spiro atoms. The number of nitrogens with zero attached hydrogens (tertiary/aromatic N) is 6. The second-order valence-electron chi connectivity index (χ2n) is 12.1. The third-order valence-corrected chi connectivity index (χ3v) is 7.97. The Balaban J connectivity index is 0.00000114. The Hall–Kier alpha value is -7.52. The van der Waals surface area contributed by atoms with Crippen molar-refractivity contribution in [1.82, 2.24) is 9.97 Å². The number of nitrogens with two attached hydrogens (primary N) is 2. The van der Waals surface area contributed by atoms with Crippen LogP contribution in [0.4, 0.5) is 44.0 Å². The molecule has 5 N–H and O–H groups in total. The maximum Gasteiger partial charge on any atom is 0.414 e. The average Bonchev–Trinajstić information content (AvgIpc) is 3.25. The summed E-state index contributed by atoms with van der Waals surface area (Å²) in [4.78, 5) is 57.1. The molecule has 64 heavy (non-hydrogen) atoms. The number of pyridine rings is 2. The van der Waals surface area contributed by atoms with E-state index in [9.17, 15) is 29.8 Å². The van der Waals surface area contributed by atoms with Gasteiger partial charge >= 0.3 is 23.6 Å². The largest absolute Gasteiger partial charge is 0.490 e. The van der Waals surface area contributed by atoms with E-state index >= 15 is 0 Å². The molecule has 0 atom stereocenters. The number of hydrogen-bond acceptors (Lipinski definition) is 16. The molecule has 0 bridgehead atoms. The number of carbonyl (C=O) groups is 2. The number of amides is 2. The van der Waals surface area contributed by atoms with Crippen LogP contribution in [-0.4, -0.2) is 76.7 Å². The number of hydrogen-bond donors (Lipinski definition) is 3. The second-order valence-corrected chi connectivity index (χ2v) is 12.9. The van der Waals surface area contributed by atoms with Crippen LogP contribution in [-0.2, 0) is 22.6 Å². The standard InChI is InChI=1S/C21H24N4O6.C18H19BrN4O5.C3H6O.CH4.H2/c1-4-10-30-16-9-7-8-15(12-16)14-24(21(26)29-6-3)17-13-18(31-11-5-2)23-20(22)19(17)25(27)28;1-3-8-28-13-7-5-6-12(9-13)11-22(18(24)27-4-2)14-10-15(19)21-17(20)16(14)23(25)26;1-2-3-4;;/h4-5,7-9,12-13H,1-2,6,10-11,14H2,3H3,(H2,22,23);3,5-7,9-10H,1,4,8,11H2,2H3,(H2,20,21);2,4H,1,3H2;1H4;1H/i;;;;1+1. The summed E-state index contributed by atoms with van der Waals surface area (Å²) in [7, 11) is 0. The van der Waals surface area contributed by atoms with Gasteiger partial charge in [-0.1, -0.05) is 75.7 Å². The Morgan fingerprint density at radius 3 is 1.53 bits per heavy atom. The molecule has 0 saturated heterocycles. The van der Waals surface area contributed by atoms with Crippen LogP contribution in [0.5, 0.6) is 17.4 Å². The van der Waals surface area contributed by atoms with E-state index in [1.54, 1.807) is 74.5 Å². The van der Waals surface area contributed by atoms with Crippen LogP contribution in [0.15, 0.2) is 116 Å². The minimum atomic E-state index is -0.789. The lowest BCUT2D eigenvalue weighted by Crippen LogP contribution is -2.32. The van der Waals surface area contributed by atoms with E-state index in [-0.39, 0.29) is 81.9 Å². The highest BCUT2D eigenvalue weighted by atomic mass is 79.9. The van der Waals surface area contributed by atoms with Crippen molar-refractivity contribution in [2.24, 2.45) is 0 Å². The minimum Gasteiger partial charge on any atom is -0.490 e. The monoisotopic (exact) mass is 955 g/mol. The predicted molar refractivity (Wildman–Crippen MR) is 251 cm³/mol. The van der Waals surface area contributed by atoms with Crippen molar-refractivity contribution in [3.63, 3.8) is 0 Å². The molecule has 2 aromatic carbocycles. The molecule has 21 heteroatoms. The minimum absolute atomic E-state index is 0. The number of benzene rings is 2. The number of aliphatic hydroxyl groups is 1. The van der Waals surface area contributed by atoms with Crippen LogP contribution in [0, 0.1) is 20.2 Å². The molecule has 4 aromatic rings. The molecule has 0 fully saturated rings. The summed E-state index contributed by atoms with van der Waals surface area (Å²) in [5.74, 6) is 0.437. The SMILES string of the molecule is C.C=CCO.C=CCOc1cccc(CN(C(=O)OCC)c2cc(Br)nc(N)c2[N+](=O)[O-])c1.C=CCOc1cccc(CN(C(=O)OCC)c2cc(OCC=C)nc(N)c2[N+](=O)[O-])c1.[2HH]. The highest BCUT2D eigenvalue weighted by Crippen LogP contribution is 2.38. The van der Waals surface area contributed by atoms with E-state index in [4.69, 9.17) is 40.3 Å². The first-order valence-corrected chi connectivity index (χ1v) is 19.5. The highest BCUT2D eigenvalue weighted by molar-refractivity contribution is 9.10. The molecule has 346 valence electrons. The zero-order valence-corrected chi connectivity index (χ0v) is 36.3. The molecule has 0 saturated carbocycles. The Labute approximate surface area is 381 Å². The van der Waals surface area contributed by atoms with Gasteiger partial charge in [0, 0.05) is 13.6 Å². The predicted octanol–water partition coefficient (Wildman–Crippen LogP) is 8.97. The Morgan fingerprint density at radius 2 is 1.14 bits per heavy atom. The molecule has 2 amide bonds. The van der Waals surface area contributed by atoms with Gasteiger partial charge in [0.25, 0.3) is 0 Å². The normalized spacial score (nSPS) is 9.75. The van der Waals surface area contributed by atoms with Crippen molar-refractivity contribution in [1.29, 1.82) is 0 Å². The van der Waals surface area contributed by atoms with Gasteiger partial charge in [-0.2, -0.15) is 4.98 Å². The fourth-order valence-electron chi connectivity index (χ4n) is 5.08. The maximum absolute atomic E-state index is 12.7. The quantitative estimate of drug-likeness (QED) is 0.0323. The number of anilines is 4. The summed E-state index contributed by atoms with van der Waals surface area (Å²) in [5, 5.41) is 31.0. The molecule has 0 aliphatic carbocycles. The van der Waals surface area contributed by atoms with Gasteiger partial charge in [-0.3, -0.25) is 30.0 Å². The van der Waals surface area contributed by atoms with Gasteiger partial charge in [0.15, 0.2) is 0 Å². The van der Waals surface area contributed by atoms with E-state index in [2.05, 4.69) is 52.2 Å². The van der Waals surface area contributed by atoms with Gasteiger partial charge in [-0.05, 0) is 65.2 Å². The van der Waals surface area contributed by atoms with Crippen LogP contribution in [0.1, 0.15) is 33.8 Å². The van der Waals surface area contributed by atoms with Crippen molar-refractivity contribution < 1.29 is 49.7 Å². The first-order chi connectivity index (χ1) is 30.2. The van der Waals surface area contributed by atoms with Gasteiger partial charge in [0.05, 0.1) is 42.8 Å². The number of ether oxygens (including phenoxy) is 5. The van der Waals surface area contributed by atoms with Crippen molar-refractivity contribution >= 4 is 62.5 Å². The van der Waals surface area contributed by atoms with Crippen molar-refractivity contribution in [3.8, 4) is 17.4 Å². The number of nitro groups is 2. The lowest BCUT2D eigenvalue weighted by Gasteiger charge is -2.23. The van der Waals surface area contributed by atoms with Crippen molar-refractivity contribution in [3.05, 3.63) is 147 Å². The second kappa shape index (κ2) is 28.9. The molecular formula is C43H55BrN8O12. The lowest BCUT2D eigenvalue weighted by atomic mass is 10.2. The van der Waals surface area contributed by atoms with E-state index in [0.29, 0.717) is 35.8 Å². The van der Waals surface area contributed by atoms with Crippen LogP contribution >= 0.6 is 15.9 Å². The molecule has 0 aliphatic heterocycles. The van der Waals surface area contributed by atoms with Gasteiger partial charge in [0.1, 0.15) is 47.3 Å². The molecule has 2 heterocycles. The summed E-state index contributed by atoms with van der Waals surface area (Å²) >= 11 is 3.16. The van der Waals surface area contributed by atoms with E-state index in [1.807, 2.05) is 0 Å². The zero-order valence-electron chi connectivity index (χ0n) is 34.7. The number of nitrogen functional groups attached to an aromatic ring is 2. The van der Waals surface area contributed by atoms with Crippen LogP contribution in [0.2, 0.25) is 0 Å². The Bertz CT molecular complexity index is 2230. The fraction of sp³-hybridized carbons (Fsp3) is 0.256. The number of halogens is 1. The van der Waals surface area contributed by atoms with Gasteiger partial charge in [-0.15, -0.1) is 6.58 Å².